The molecule has 0 aliphatic heterocycles. The molecule has 0 aliphatic rings. The second-order valence-corrected chi connectivity index (χ2v) is 7.09. The molecule has 0 unspecified atom stereocenters. The zero-order chi connectivity index (χ0) is 22.3. The van der Waals surface area contributed by atoms with E-state index in [9.17, 15) is 26.3 Å². The quantitative estimate of drug-likeness (QED) is 0.297. The molecule has 2 nitrogen and oxygen atoms in total. The van der Waals surface area contributed by atoms with Gasteiger partial charge in [0.15, 0.2) is 0 Å². The van der Waals surface area contributed by atoms with Gasteiger partial charge in [-0.2, -0.15) is 26.3 Å². The predicted molar refractivity (Wildman–Crippen MR) is 104 cm³/mol. The highest BCUT2D eigenvalue weighted by atomic mass is 19.4. The topological polar surface area (TPSA) is 52.0 Å². The van der Waals surface area contributed by atoms with Gasteiger partial charge in [-0.15, -0.1) is 0 Å². The molecule has 0 bridgehead atoms. The normalized spacial score (nSPS) is 12.8. The first-order valence-corrected chi connectivity index (χ1v) is 8.85. The van der Waals surface area contributed by atoms with Gasteiger partial charge in [-0.3, -0.25) is 0 Å². The van der Waals surface area contributed by atoms with Crippen molar-refractivity contribution in [2.24, 2.45) is 0 Å². The molecule has 0 aromatic heterocycles. The molecule has 0 aliphatic carbocycles. The van der Waals surface area contributed by atoms with Crippen molar-refractivity contribution in [1.82, 2.24) is 0 Å². The van der Waals surface area contributed by atoms with Crippen LogP contribution in [0.2, 0.25) is 0 Å². The Balaban J connectivity index is 2.39. The van der Waals surface area contributed by atoms with Crippen LogP contribution in [0.1, 0.15) is 34.7 Å². The lowest BCUT2D eigenvalue weighted by Crippen LogP contribution is -2.29. The number of benzene rings is 3. The van der Waals surface area contributed by atoms with E-state index in [2.05, 4.69) is 0 Å². The summed E-state index contributed by atoms with van der Waals surface area (Å²) in [6.45, 7) is 1.51. The molecular weight excluding hydrogens is 406 g/mol. The van der Waals surface area contributed by atoms with Gasteiger partial charge < -0.3 is 11.5 Å². The molecule has 3 aromatic carbocycles. The van der Waals surface area contributed by atoms with Gasteiger partial charge in [-0.25, -0.2) is 0 Å². The maximum Gasteiger partial charge on any atom is 0.416 e. The fourth-order valence-corrected chi connectivity index (χ4v) is 3.56. The Hall–Kier alpha value is -3.16. The lowest BCUT2D eigenvalue weighted by molar-refractivity contribution is -0.138. The molecule has 0 spiro atoms. The minimum Gasteiger partial charge on any atom is -0.398 e. The summed E-state index contributed by atoms with van der Waals surface area (Å²) in [7, 11) is 0. The monoisotopic (exact) mass is 424 g/mol. The van der Waals surface area contributed by atoms with Crippen LogP contribution in [0.15, 0.2) is 66.7 Å². The minimum atomic E-state index is -4.65. The third kappa shape index (κ3) is 3.81. The van der Waals surface area contributed by atoms with E-state index in [4.69, 9.17) is 11.5 Å². The number of halogens is 6. The van der Waals surface area contributed by atoms with Crippen LogP contribution in [0.4, 0.5) is 37.7 Å². The predicted octanol–water partition coefficient (Wildman–Crippen LogP) is 6.24. The van der Waals surface area contributed by atoms with Crippen molar-refractivity contribution in [3.63, 3.8) is 0 Å². The van der Waals surface area contributed by atoms with Gasteiger partial charge in [-0.05, 0) is 60.0 Å². The fourth-order valence-electron chi connectivity index (χ4n) is 3.56. The number of nitrogen functional groups attached to an aromatic ring is 2. The number of anilines is 2. The molecule has 3 rings (SSSR count). The second-order valence-electron chi connectivity index (χ2n) is 7.09. The first kappa shape index (κ1) is 21.5. The molecule has 0 amide bonds. The van der Waals surface area contributed by atoms with Crippen molar-refractivity contribution >= 4 is 11.4 Å². The van der Waals surface area contributed by atoms with Crippen molar-refractivity contribution in [1.29, 1.82) is 0 Å². The molecule has 0 fully saturated rings. The summed E-state index contributed by atoms with van der Waals surface area (Å²) in [4.78, 5) is 0. The second kappa shape index (κ2) is 7.27. The van der Waals surface area contributed by atoms with Crippen molar-refractivity contribution < 1.29 is 26.3 Å². The maximum atomic E-state index is 13.4. The van der Waals surface area contributed by atoms with Gasteiger partial charge in [0.05, 0.1) is 11.1 Å². The molecule has 4 N–H and O–H groups in total. The van der Waals surface area contributed by atoms with Crippen molar-refractivity contribution in [3.05, 3.63) is 94.5 Å². The van der Waals surface area contributed by atoms with E-state index in [1.807, 2.05) is 0 Å². The largest absolute Gasteiger partial charge is 0.416 e. The van der Waals surface area contributed by atoms with Crippen molar-refractivity contribution in [2.75, 3.05) is 11.5 Å². The maximum absolute atomic E-state index is 13.4. The van der Waals surface area contributed by atoms with Gasteiger partial charge in [-0.1, -0.05) is 30.3 Å². The lowest BCUT2D eigenvalue weighted by atomic mass is 9.69. The standard InChI is InChI=1S/C22H18F6N2/c1-20(13-5-3-2-4-6-13,16-11-14(21(23,24)25)7-9-18(16)29)17-12-15(22(26,27)28)8-10-19(17)30/h2-12H,29-30H2,1H3. The number of nitrogens with two attached hydrogens (primary N) is 2. The summed E-state index contributed by atoms with van der Waals surface area (Å²) >= 11 is 0. The fraction of sp³-hybridized carbons (Fsp3) is 0.182. The van der Waals surface area contributed by atoms with Crippen LogP contribution in [0.5, 0.6) is 0 Å². The van der Waals surface area contributed by atoms with Crippen molar-refractivity contribution in [2.45, 2.75) is 24.7 Å². The Morgan fingerprint density at radius 2 is 0.967 bits per heavy atom. The van der Waals surface area contributed by atoms with Gasteiger partial charge in [0.1, 0.15) is 0 Å². The van der Waals surface area contributed by atoms with E-state index >= 15 is 0 Å². The van der Waals surface area contributed by atoms with E-state index in [0.29, 0.717) is 5.56 Å². The van der Waals surface area contributed by atoms with Crippen LogP contribution in [0, 0.1) is 0 Å². The first-order chi connectivity index (χ1) is 13.8. The zero-order valence-corrected chi connectivity index (χ0v) is 15.8. The third-order valence-electron chi connectivity index (χ3n) is 5.19. The molecule has 158 valence electrons. The first-order valence-electron chi connectivity index (χ1n) is 8.85. The molecule has 0 saturated heterocycles. The van der Waals surface area contributed by atoms with Crippen LogP contribution in [-0.2, 0) is 17.8 Å². The Kier molecular flexibility index (Phi) is 5.22. The van der Waals surface area contributed by atoms with E-state index < -0.39 is 28.9 Å². The third-order valence-corrected chi connectivity index (χ3v) is 5.19. The minimum absolute atomic E-state index is 0.00571. The molecule has 0 heterocycles. The highest BCUT2D eigenvalue weighted by Crippen LogP contribution is 2.46. The Labute approximate surface area is 169 Å². The van der Waals surface area contributed by atoms with Gasteiger partial charge in [0.2, 0.25) is 0 Å². The van der Waals surface area contributed by atoms with Gasteiger partial charge >= 0.3 is 12.4 Å². The van der Waals surface area contributed by atoms with E-state index in [-0.39, 0.29) is 22.5 Å². The number of hydrogen-bond donors (Lipinski definition) is 2. The molecule has 0 radical (unpaired) electrons. The molecule has 0 atom stereocenters. The molecule has 3 aromatic rings. The van der Waals surface area contributed by atoms with Gasteiger partial charge in [0, 0.05) is 16.8 Å². The SMILES string of the molecule is CC(c1ccccc1)(c1cc(C(F)(F)F)ccc1N)c1cc(C(F)(F)F)ccc1N. The average Bonchev–Trinajstić information content (AvgIpc) is 2.67. The van der Waals surface area contributed by atoms with E-state index in [1.165, 1.54) is 6.92 Å². The Morgan fingerprint density at radius 1 is 0.567 bits per heavy atom. The lowest BCUT2D eigenvalue weighted by Gasteiger charge is -2.34. The van der Waals surface area contributed by atoms with Crippen LogP contribution in [0.3, 0.4) is 0 Å². The molecule has 0 saturated carbocycles. The summed E-state index contributed by atoms with van der Waals surface area (Å²) in [5, 5.41) is 0. The average molecular weight is 424 g/mol. The Bertz CT molecular complexity index is 992. The number of rotatable bonds is 3. The van der Waals surface area contributed by atoms with Gasteiger partial charge in [0.25, 0.3) is 0 Å². The van der Waals surface area contributed by atoms with Crippen molar-refractivity contribution in [3.8, 4) is 0 Å². The summed E-state index contributed by atoms with van der Waals surface area (Å²) in [5.74, 6) is 0. The van der Waals surface area contributed by atoms with E-state index in [1.54, 1.807) is 30.3 Å². The van der Waals surface area contributed by atoms with Crippen LogP contribution in [-0.4, -0.2) is 0 Å². The number of alkyl halides is 6. The Morgan fingerprint density at radius 3 is 1.33 bits per heavy atom. The zero-order valence-electron chi connectivity index (χ0n) is 15.8. The summed E-state index contributed by atoms with van der Waals surface area (Å²) < 4.78 is 80.3. The summed E-state index contributed by atoms with van der Waals surface area (Å²) in [5.41, 5.74) is 9.16. The molecule has 30 heavy (non-hydrogen) atoms. The summed E-state index contributed by atoms with van der Waals surface area (Å²) in [6.07, 6.45) is -9.31. The van der Waals surface area contributed by atoms with Crippen LogP contribution in [0.25, 0.3) is 0 Å². The smallest absolute Gasteiger partial charge is 0.398 e. The summed E-state index contributed by atoms with van der Waals surface area (Å²) in [6, 6.07) is 13.8. The highest BCUT2D eigenvalue weighted by molar-refractivity contribution is 5.67. The molecule has 8 heteroatoms. The van der Waals surface area contributed by atoms with Crippen LogP contribution < -0.4 is 11.5 Å². The number of hydrogen-bond acceptors (Lipinski definition) is 2. The van der Waals surface area contributed by atoms with Crippen LogP contribution >= 0.6 is 0 Å². The van der Waals surface area contributed by atoms with E-state index in [0.717, 1.165) is 36.4 Å². The highest BCUT2D eigenvalue weighted by Gasteiger charge is 2.40. The molecular formula is C22H18F6N2.